The third kappa shape index (κ3) is 3.88. The van der Waals surface area contributed by atoms with Crippen molar-refractivity contribution < 1.29 is 17.6 Å². The third-order valence-corrected chi connectivity index (χ3v) is 3.34. The first-order valence-electron chi connectivity index (χ1n) is 7.02. The summed E-state index contributed by atoms with van der Waals surface area (Å²) in [6, 6.07) is 5.48. The first-order chi connectivity index (χ1) is 10.1. The van der Waals surface area contributed by atoms with Crippen LogP contribution in [0.5, 0.6) is 0 Å². The molecule has 1 heterocycles. The van der Waals surface area contributed by atoms with Crippen molar-refractivity contribution in [1.29, 1.82) is 0 Å². The Labute approximate surface area is 122 Å². The molecule has 21 heavy (non-hydrogen) atoms. The lowest BCUT2D eigenvalue weighted by molar-refractivity contribution is 0.409. The number of furan rings is 1. The Morgan fingerprint density at radius 2 is 1.95 bits per heavy atom. The molecule has 1 atom stereocenters. The molecule has 0 aliphatic rings. The summed E-state index contributed by atoms with van der Waals surface area (Å²) in [5, 5.41) is 3.16. The monoisotopic (exact) mass is 297 g/mol. The van der Waals surface area contributed by atoms with E-state index in [2.05, 4.69) is 5.32 Å². The molecule has 2 rings (SSSR count). The quantitative estimate of drug-likeness (QED) is 0.768. The minimum atomic E-state index is -1.42. The smallest absolute Gasteiger partial charge is 0.194 e. The van der Waals surface area contributed by atoms with Gasteiger partial charge in [-0.25, -0.2) is 13.2 Å². The Morgan fingerprint density at radius 1 is 1.14 bits per heavy atom. The lowest BCUT2D eigenvalue weighted by atomic mass is 10.00. The second-order valence-electron chi connectivity index (χ2n) is 4.89. The molecule has 0 saturated carbocycles. The van der Waals surface area contributed by atoms with Gasteiger partial charge in [-0.05, 0) is 37.6 Å². The fourth-order valence-electron chi connectivity index (χ4n) is 2.24. The van der Waals surface area contributed by atoms with Gasteiger partial charge in [0.05, 0.1) is 6.26 Å². The van der Waals surface area contributed by atoms with Gasteiger partial charge < -0.3 is 9.73 Å². The molecule has 0 saturated heterocycles. The molecule has 5 heteroatoms. The maximum atomic E-state index is 13.9. The summed E-state index contributed by atoms with van der Waals surface area (Å²) in [5.41, 5.74) is 0.147. The van der Waals surface area contributed by atoms with Gasteiger partial charge in [0, 0.05) is 18.0 Å². The second-order valence-corrected chi connectivity index (χ2v) is 4.89. The Balaban J connectivity index is 2.16. The normalized spacial score (nSPS) is 12.6. The van der Waals surface area contributed by atoms with Crippen molar-refractivity contribution in [2.24, 2.45) is 0 Å². The minimum absolute atomic E-state index is 0.147. The predicted octanol–water partition coefficient (Wildman–Crippen LogP) is 4.37. The van der Waals surface area contributed by atoms with E-state index in [4.69, 9.17) is 4.42 Å². The van der Waals surface area contributed by atoms with Crippen molar-refractivity contribution in [3.05, 3.63) is 59.3 Å². The highest BCUT2D eigenvalue weighted by Gasteiger charge is 2.20. The summed E-state index contributed by atoms with van der Waals surface area (Å²) in [7, 11) is 0. The Morgan fingerprint density at radius 3 is 2.62 bits per heavy atom. The third-order valence-electron chi connectivity index (χ3n) is 3.34. The summed E-state index contributed by atoms with van der Waals surface area (Å²) in [6.07, 6.45) is 3.56. The van der Waals surface area contributed by atoms with Gasteiger partial charge >= 0.3 is 0 Å². The molecule has 1 unspecified atom stereocenters. The topological polar surface area (TPSA) is 25.2 Å². The van der Waals surface area contributed by atoms with Gasteiger partial charge in [-0.2, -0.15) is 0 Å². The summed E-state index contributed by atoms with van der Waals surface area (Å²) < 4.78 is 45.6. The first-order valence-corrected chi connectivity index (χ1v) is 7.02. The molecule has 2 nitrogen and oxygen atoms in total. The van der Waals surface area contributed by atoms with Crippen LogP contribution in [0.15, 0.2) is 34.9 Å². The highest BCUT2D eigenvalue weighted by Crippen LogP contribution is 2.25. The number of halogens is 3. The van der Waals surface area contributed by atoms with Crippen molar-refractivity contribution in [1.82, 2.24) is 5.32 Å². The number of benzene rings is 1. The molecule has 0 fully saturated rings. The zero-order chi connectivity index (χ0) is 15.2. The number of rotatable bonds is 7. The van der Waals surface area contributed by atoms with E-state index in [1.807, 2.05) is 13.0 Å². The molecule has 1 aromatic heterocycles. The average molecular weight is 297 g/mol. The molecule has 1 aromatic carbocycles. The molecular weight excluding hydrogens is 279 g/mol. The molecule has 0 amide bonds. The maximum Gasteiger partial charge on any atom is 0.194 e. The molecular formula is C16H18F3NO. The van der Waals surface area contributed by atoms with Crippen LogP contribution < -0.4 is 5.32 Å². The average Bonchev–Trinajstić information content (AvgIpc) is 2.99. The van der Waals surface area contributed by atoms with Gasteiger partial charge in [0.25, 0.3) is 0 Å². The number of hydrogen-bond donors (Lipinski definition) is 1. The number of nitrogens with one attached hydrogen (secondary N) is 1. The summed E-state index contributed by atoms with van der Waals surface area (Å²) in [5.74, 6) is -2.94. The van der Waals surface area contributed by atoms with Crippen LogP contribution in [0.25, 0.3) is 0 Å². The van der Waals surface area contributed by atoms with E-state index in [1.165, 1.54) is 6.07 Å². The Hall–Kier alpha value is -1.75. The highest BCUT2D eigenvalue weighted by atomic mass is 19.2. The van der Waals surface area contributed by atoms with E-state index < -0.39 is 17.5 Å². The maximum absolute atomic E-state index is 13.9. The molecule has 0 radical (unpaired) electrons. The molecule has 0 bridgehead atoms. The van der Waals surface area contributed by atoms with Crippen LogP contribution in [0, 0.1) is 17.5 Å². The largest absolute Gasteiger partial charge is 0.469 e. The predicted molar refractivity (Wildman–Crippen MR) is 74.4 cm³/mol. The van der Waals surface area contributed by atoms with E-state index >= 15 is 0 Å². The van der Waals surface area contributed by atoms with Crippen molar-refractivity contribution in [2.75, 3.05) is 6.54 Å². The lowest BCUT2D eigenvalue weighted by Gasteiger charge is -2.19. The van der Waals surface area contributed by atoms with Gasteiger partial charge in [-0.15, -0.1) is 0 Å². The van der Waals surface area contributed by atoms with Crippen LogP contribution in [0.2, 0.25) is 0 Å². The molecule has 0 aliphatic heterocycles. The fraction of sp³-hybridized carbons (Fsp3) is 0.375. The lowest BCUT2D eigenvalue weighted by Crippen LogP contribution is -2.24. The van der Waals surface area contributed by atoms with Gasteiger partial charge in [0.15, 0.2) is 17.5 Å². The number of aryl methyl sites for hydroxylation is 1. The SMILES string of the molecule is CCCNC(CCc1ccco1)c1ccc(F)c(F)c1F. The van der Waals surface area contributed by atoms with E-state index in [0.29, 0.717) is 19.4 Å². The van der Waals surface area contributed by atoms with Crippen molar-refractivity contribution in [2.45, 2.75) is 32.2 Å². The molecule has 0 aliphatic carbocycles. The minimum Gasteiger partial charge on any atom is -0.469 e. The molecule has 114 valence electrons. The van der Waals surface area contributed by atoms with E-state index in [9.17, 15) is 13.2 Å². The second kappa shape index (κ2) is 7.31. The molecule has 1 N–H and O–H groups in total. The summed E-state index contributed by atoms with van der Waals surface area (Å²) >= 11 is 0. The Kier molecular flexibility index (Phi) is 5.44. The van der Waals surface area contributed by atoms with Crippen LogP contribution in [-0.4, -0.2) is 6.54 Å². The Bertz CT molecular complexity index is 569. The zero-order valence-electron chi connectivity index (χ0n) is 11.8. The van der Waals surface area contributed by atoms with E-state index in [-0.39, 0.29) is 11.6 Å². The zero-order valence-corrected chi connectivity index (χ0v) is 11.8. The summed E-state index contributed by atoms with van der Waals surface area (Å²) in [4.78, 5) is 0. The van der Waals surface area contributed by atoms with E-state index in [0.717, 1.165) is 18.2 Å². The number of hydrogen-bond acceptors (Lipinski definition) is 2. The van der Waals surface area contributed by atoms with Gasteiger partial charge in [0.1, 0.15) is 5.76 Å². The van der Waals surface area contributed by atoms with Gasteiger partial charge in [-0.1, -0.05) is 13.0 Å². The van der Waals surface area contributed by atoms with Crippen LogP contribution in [0.4, 0.5) is 13.2 Å². The van der Waals surface area contributed by atoms with Gasteiger partial charge in [0.2, 0.25) is 0 Å². The molecule has 2 aromatic rings. The van der Waals surface area contributed by atoms with Gasteiger partial charge in [-0.3, -0.25) is 0 Å². The van der Waals surface area contributed by atoms with Crippen LogP contribution >= 0.6 is 0 Å². The standard InChI is InChI=1S/C16H18F3NO/c1-2-9-20-14(8-5-11-4-3-10-21-11)12-6-7-13(17)16(19)15(12)18/h3-4,6-7,10,14,20H,2,5,8-9H2,1H3. The van der Waals surface area contributed by atoms with E-state index in [1.54, 1.807) is 12.3 Å². The fourth-order valence-corrected chi connectivity index (χ4v) is 2.24. The van der Waals surface area contributed by atoms with Crippen molar-refractivity contribution >= 4 is 0 Å². The highest BCUT2D eigenvalue weighted by molar-refractivity contribution is 5.24. The molecule has 0 spiro atoms. The van der Waals surface area contributed by atoms with Crippen molar-refractivity contribution in [3.63, 3.8) is 0 Å². The van der Waals surface area contributed by atoms with Crippen LogP contribution in [-0.2, 0) is 6.42 Å². The first kappa shape index (κ1) is 15.6. The van der Waals surface area contributed by atoms with Crippen LogP contribution in [0.3, 0.4) is 0 Å². The van der Waals surface area contributed by atoms with Crippen molar-refractivity contribution in [3.8, 4) is 0 Å². The summed E-state index contributed by atoms with van der Waals surface area (Å²) in [6.45, 7) is 2.65. The van der Waals surface area contributed by atoms with Crippen LogP contribution in [0.1, 0.15) is 37.1 Å².